The second-order valence-electron chi connectivity index (χ2n) is 18.9. The van der Waals surface area contributed by atoms with Crippen LogP contribution in [-0.2, 0) is 27.4 Å². The zero-order valence-electron chi connectivity index (χ0n) is 43.2. The van der Waals surface area contributed by atoms with Crippen LogP contribution in [0, 0.1) is 27.7 Å². The lowest BCUT2D eigenvalue weighted by Gasteiger charge is -2.15. The molecule has 75 heavy (non-hydrogen) atoms. The molecular weight excluding hydrogens is 955 g/mol. The molecule has 0 bridgehead atoms. The predicted octanol–water partition coefficient (Wildman–Crippen LogP) is 9.61. The Hall–Kier alpha value is -8.51. The van der Waals surface area contributed by atoms with Crippen molar-refractivity contribution in [2.45, 2.75) is 92.4 Å². The Kier molecular flexibility index (Phi) is 13.9. The summed E-state index contributed by atoms with van der Waals surface area (Å²) in [6.45, 7) is 11.6. The lowest BCUT2D eigenvalue weighted by molar-refractivity contribution is -0.120. The number of imidazole rings is 2. The van der Waals surface area contributed by atoms with Gasteiger partial charge in [-0.15, -0.1) is 0 Å². The Balaban J connectivity index is 0.822. The van der Waals surface area contributed by atoms with Gasteiger partial charge in [0.2, 0.25) is 0 Å². The second-order valence-corrected chi connectivity index (χ2v) is 18.9. The Morgan fingerprint density at radius 3 is 1.55 bits per heavy atom. The Labute approximate surface area is 430 Å². The third-order valence-electron chi connectivity index (χ3n) is 14.1. The zero-order chi connectivity index (χ0) is 52.7. The molecule has 8 heterocycles. The summed E-state index contributed by atoms with van der Waals surface area (Å²) in [7, 11) is 3.19. The molecule has 0 amide bonds. The maximum atomic E-state index is 14.5. The number of carbonyl (C=O) groups excluding carboxylic acids is 2. The molecule has 10 aromatic rings. The number of aryl methyl sites for hydroxylation is 4. The molecule has 2 unspecified atom stereocenters. The molecule has 0 saturated carbocycles. The molecule has 0 aliphatic heterocycles. The summed E-state index contributed by atoms with van der Waals surface area (Å²) in [5.74, 6) is 2.22. The van der Waals surface area contributed by atoms with E-state index >= 15 is 0 Å². The van der Waals surface area contributed by atoms with Gasteiger partial charge in [0.15, 0.2) is 11.6 Å². The van der Waals surface area contributed by atoms with Gasteiger partial charge >= 0.3 is 11.4 Å². The Morgan fingerprint density at radius 1 is 0.640 bits per heavy atom. The van der Waals surface area contributed by atoms with Gasteiger partial charge in [0.05, 0.1) is 114 Å². The van der Waals surface area contributed by atoms with Crippen molar-refractivity contribution in [2.24, 2.45) is 0 Å². The SMILES string of the molecule is COc1cc2c(cc1-c1c(C)coc1C)ncc1c2n(C(C)c2ccccn2)c(=O)n1CC(=O)CCCOCCCC(=O)Cn1c(=O)n(C(C)c2ccccn2)c2c3cc(OC)c(-c4c(C)noc4C)cc3ncc21. The van der Waals surface area contributed by atoms with E-state index in [4.69, 9.17) is 33.1 Å². The van der Waals surface area contributed by atoms with Crippen molar-refractivity contribution in [3.05, 3.63) is 147 Å². The summed E-state index contributed by atoms with van der Waals surface area (Å²) in [5.41, 5.74) is 9.08. The fraction of sp³-hybridized carbons (Fsp3) is 0.316. The van der Waals surface area contributed by atoms with Gasteiger partial charge in [-0.3, -0.25) is 47.8 Å². The van der Waals surface area contributed by atoms with Crippen molar-refractivity contribution in [1.82, 2.24) is 43.4 Å². The molecule has 384 valence electrons. The minimum Gasteiger partial charge on any atom is -0.496 e. The Bertz CT molecular complexity index is 3630. The van der Waals surface area contributed by atoms with Gasteiger partial charge in [-0.1, -0.05) is 17.3 Å². The van der Waals surface area contributed by atoms with E-state index in [1.54, 1.807) is 54.4 Å². The number of fused-ring (bicyclic) bond motifs is 6. The molecule has 10 rings (SSSR count). The normalized spacial score (nSPS) is 12.6. The molecule has 0 aliphatic carbocycles. The largest absolute Gasteiger partial charge is 0.496 e. The highest BCUT2D eigenvalue weighted by Crippen LogP contribution is 2.42. The summed E-state index contributed by atoms with van der Waals surface area (Å²) < 4.78 is 35.2. The van der Waals surface area contributed by atoms with Crippen LogP contribution in [0.2, 0.25) is 0 Å². The molecule has 0 fully saturated rings. The number of Topliss-reactive ketones (excluding diaryl/α,β-unsaturated/α-hetero) is 2. The molecule has 0 saturated heterocycles. The number of ether oxygens (including phenoxy) is 3. The van der Waals surface area contributed by atoms with E-state index in [1.807, 2.05) is 102 Å². The topological polar surface area (TPSA) is 206 Å². The van der Waals surface area contributed by atoms with Crippen LogP contribution in [0.25, 0.3) is 66.1 Å². The third-order valence-corrected chi connectivity index (χ3v) is 14.1. The summed E-state index contributed by atoms with van der Waals surface area (Å²) in [6, 6.07) is 17.8. The van der Waals surface area contributed by atoms with Crippen LogP contribution >= 0.6 is 0 Å². The van der Waals surface area contributed by atoms with Crippen LogP contribution in [0.5, 0.6) is 11.5 Å². The van der Waals surface area contributed by atoms with Gasteiger partial charge in [-0.05, 0) is 108 Å². The molecule has 0 N–H and O–H groups in total. The van der Waals surface area contributed by atoms with Crippen LogP contribution in [0.4, 0.5) is 0 Å². The number of hydrogen-bond acceptors (Lipinski definition) is 14. The number of ketones is 2. The number of benzene rings is 2. The predicted molar refractivity (Wildman–Crippen MR) is 284 cm³/mol. The fourth-order valence-electron chi connectivity index (χ4n) is 10.4. The first-order chi connectivity index (χ1) is 36.3. The van der Waals surface area contributed by atoms with Gasteiger partial charge in [0.1, 0.15) is 23.0 Å². The smallest absolute Gasteiger partial charge is 0.330 e. The molecule has 8 aromatic heterocycles. The highest BCUT2D eigenvalue weighted by atomic mass is 16.5. The van der Waals surface area contributed by atoms with E-state index in [-0.39, 0.29) is 62.1 Å². The van der Waals surface area contributed by atoms with E-state index in [0.717, 1.165) is 33.6 Å². The van der Waals surface area contributed by atoms with Gasteiger partial charge in [0, 0.05) is 65.9 Å². The average molecular weight is 1010 g/mol. The standard InChI is InChI=1S/C57H57N9O9/c1-32-31-74-36(5)52(32)42-23-46-40(25-50(42)71-7)54-48(27-60-46)63(56(69)65(54)34(3)44-17-9-11-19-58-44)29-38(67)15-13-21-73-22-14-16-39(68)30-64-49-28-61-47-24-43(53-33(2)62-75-37(53)6)51(72-8)26-41(47)55(49)66(57(64)70)35(4)45-18-10-12-20-59-45/h9-12,17-20,23-28,31,34-35H,13-16,21-22,29-30H2,1-8H3. The van der Waals surface area contributed by atoms with Gasteiger partial charge in [0.25, 0.3) is 0 Å². The van der Waals surface area contributed by atoms with E-state index in [0.29, 0.717) is 91.1 Å². The summed E-state index contributed by atoms with van der Waals surface area (Å²) >= 11 is 0. The Morgan fingerprint density at radius 2 is 1.13 bits per heavy atom. The first-order valence-electron chi connectivity index (χ1n) is 24.9. The second kappa shape index (κ2) is 20.8. The minimum absolute atomic E-state index is 0.150. The van der Waals surface area contributed by atoms with Gasteiger partial charge in [-0.2, -0.15) is 0 Å². The lowest BCUT2D eigenvalue weighted by atomic mass is 9.99. The maximum Gasteiger partial charge on any atom is 0.330 e. The number of rotatable bonds is 20. The van der Waals surface area contributed by atoms with Crippen LogP contribution in [-0.4, -0.2) is 82.4 Å². The van der Waals surface area contributed by atoms with Crippen molar-refractivity contribution in [3.63, 3.8) is 0 Å². The van der Waals surface area contributed by atoms with E-state index < -0.39 is 12.1 Å². The third kappa shape index (κ3) is 9.19. The van der Waals surface area contributed by atoms with E-state index in [2.05, 4.69) is 15.1 Å². The van der Waals surface area contributed by atoms with Crippen LogP contribution in [0.15, 0.2) is 110 Å². The zero-order valence-corrected chi connectivity index (χ0v) is 43.2. The molecule has 0 radical (unpaired) electrons. The van der Waals surface area contributed by atoms with Crippen LogP contribution < -0.4 is 20.9 Å². The minimum atomic E-state index is -0.488. The number of aromatic nitrogens is 9. The summed E-state index contributed by atoms with van der Waals surface area (Å²) in [6.07, 6.45) is 9.50. The fourth-order valence-corrected chi connectivity index (χ4v) is 10.4. The maximum absolute atomic E-state index is 14.5. The molecule has 18 heteroatoms. The van der Waals surface area contributed by atoms with Crippen LogP contribution in [0.1, 0.15) is 85.8 Å². The number of hydrogen-bond donors (Lipinski definition) is 0. The highest BCUT2D eigenvalue weighted by molar-refractivity contribution is 6.06. The van der Waals surface area contributed by atoms with Crippen molar-refractivity contribution in [2.75, 3.05) is 27.4 Å². The molecule has 2 atom stereocenters. The monoisotopic (exact) mass is 1010 g/mol. The number of nitrogens with zero attached hydrogens (tertiary/aromatic N) is 9. The molecule has 18 nitrogen and oxygen atoms in total. The first kappa shape index (κ1) is 50.0. The average Bonchev–Trinajstić information content (AvgIpc) is 4.12. The van der Waals surface area contributed by atoms with Crippen molar-refractivity contribution in [3.8, 4) is 33.8 Å². The molecule has 0 aliphatic rings. The summed E-state index contributed by atoms with van der Waals surface area (Å²) in [4.78, 5) is 75.1. The molecular formula is C57H57N9O9. The van der Waals surface area contributed by atoms with Crippen molar-refractivity contribution in [1.29, 1.82) is 0 Å². The van der Waals surface area contributed by atoms with Crippen LogP contribution in [0.3, 0.4) is 0 Å². The number of carbonyl (C=O) groups is 2. The molecule has 2 aromatic carbocycles. The quantitative estimate of drug-likeness (QED) is 0.0652. The lowest BCUT2D eigenvalue weighted by Crippen LogP contribution is -2.29. The van der Waals surface area contributed by atoms with E-state index in [9.17, 15) is 19.2 Å². The van der Waals surface area contributed by atoms with E-state index in [1.165, 1.54) is 9.13 Å². The summed E-state index contributed by atoms with van der Waals surface area (Å²) in [5, 5.41) is 5.50. The van der Waals surface area contributed by atoms with Crippen molar-refractivity contribution < 1.29 is 32.7 Å². The number of furan rings is 1. The number of pyridine rings is 4. The highest BCUT2D eigenvalue weighted by Gasteiger charge is 2.28. The first-order valence-corrected chi connectivity index (χ1v) is 24.9. The van der Waals surface area contributed by atoms with Crippen molar-refractivity contribution >= 4 is 55.4 Å². The number of methoxy groups -OCH3 is 2. The van der Waals surface area contributed by atoms with Gasteiger partial charge in [-0.25, -0.2) is 9.59 Å². The van der Waals surface area contributed by atoms with Gasteiger partial charge < -0.3 is 23.2 Å². The molecule has 0 spiro atoms.